The van der Waals surface area contributed by atoms with Crippen LogP contribution in [0, 0.1) is 0 Å². The number of fused-ring (bicyclic) bond motifs is 1. The van der Waals surface area contributed by atoms with E-state index in [-0.39, 0.29) is 11.5 Å². The highest BCUT2D eigenvalue weighted by Crippen LogP contribution is 2.25. The van der Waals surface area contributed by atoms with Crippen molar-refractivity contribution in [2.45, 2.75) is 19.3 Å². The van der Waals surface area contributed by atoms with Gasteiger partial charge in [0.25, 0.3) is 0 Å². The Kier molecular flexibility index (Phi) is 2.41. The maximum Gasteiger partial charge on any atom is 0.511 e. The zero-order valence-corrected chi connectivity index (χ0v) is 8.03. The van der Waals surface area contributed by atoms with Crippen LogP contribution in [0.1, 0.15) is 28.8 Å². The highest BCUT2D eigenvalue weighted by atomic mass is 16.7. The van der Waals surface area contributed by atoms with Gasteiger partial charge in [-0.3, -0.25) is 4.79 Å². The standard InChI is InChI=1S/C11H10O4/c12-10-3-1-2-7-4-5-8(6-9(7)10)15-11(13)14/h4-6H,1-3H2,(H,13,14). The van der Waals surface area contributed by atoms with Crippen molar-refractivity contribution in [2.24, 2.45) is 0 Å². The lowest BCUT2D eigenvalue weighted by molar-refractivity contribution is 0.0971. The van der Waals surface area contributed by atoms with Crippen molar-refractivity contribution in [3.05, 3.63) is 29.3 Å². The maximum atomic E-state index is 11.5. The van der Waals surface area contributed by atoms with Gasteiger partial charge in [0, 0.05) is 12.0 Å². The fourth-order valence-corrected chi connectivity index (χ4v) is 1.77. The summed E-state index contributed by atoms with van der Waals surface area (Å²) in [5, 5.41) is 8.43. The normalized spacial score (nSPS) is 14.5. The van der Waals surface area contributed by atoms with E-state index in [1.54, 1.807) is 12.1 Å². The largest absolute Gasteiger partial charge is 0.511 e. The van der Waals surface area contributed by atoms with Crippen LogP contribution in [-0.4, -0.2) is 17.0 Å². The molecule has 1 N–H and O–H groups in total. The molecule has 0 aromatic heterocycles. The topological polar surface area (TPSA) is 63.6 Å². The molecule has 0 spiro atoms. The molecule has 1 aliphatic carbocycles. The Morgan fingerprint density at radius 2 is 2.13 bits per heavy atom. The Morgan fingerprint density at radius 3 is 2.87 bits per heavy atom. The summed E-state index contributed by atoms with van der Waals surface area (Å²) < 4.78 is 4.49. The molecule has 15 heavy (non-hydrogen) atoms. The smallest absolute Gasteiger partial charge is 0.449 e. The zero-order chi connectivity index (χ0) is 10.8. The lowest BCUT2D eigenvalue weighted by atomic mass is 9.91. The summed E-state index contributed by atoms with van der Waals surface area (Å²) >= 11 is 0. The molecule has 1 aromatic carbocycles. The van der Waals surface area contributed by atoms with Gasteiger partial charge in [0.1, 0.15) is 5.75 Å². The van der Waals surface area contributed by atoms with Gasteiger partial charge in [-0.25, -0.2) is 4.79 Å². The van der Waals surface area contributed by atoms with E-state index in [9.17, 15) is 9.59 Å². The van der Waals surface area contributed by atoms with E-state index < -0.39 is 6.16 Å². The van der Waals surface area contributed by atoms with Crippen LogP contribution in [0.4, 0.5) is 4.79 Å². The van der Waals surface area contributed by atoms with Gasteiger partial charge in [0.2, 0.25) is 0 Å². The first-order valence-electron chi connectivity index (χ1n) is 4.74. The molecule has 4 heteroatoms. The summed E-state index contributed by atoms with van der Waals surface area (Å²) in [5.41, 5.74) is 1.57. The molecular weight excluding hydrogens is 196 g/mol. The Hall–Kier alpha value is -1.84. The molecule has 0 unspecified atom stereocenters. The third kappa shape index (κ3) is 1.98. The molecule has 0 saturated carbocycles. The Bertz CT molecular complexity index is 423. The number of rotatable bonds is 1. The quantitative estimate of drug-likeness (QED) is 0.565. The number of aryl methyl sites for hydroxylation is 1. The van der Waals surface area contributed by atoms with Gasteiger partial charge in [-0.1, -0.05) is 6.07 Å². The summed E-state index contributed by atoms with van der Waals surface area (Å²) in [4.78, 5) is 21.8. The van der Waals surface area contributed by atoms with E-state index in [2.05, 4.69) is 4.74 Å². The fourth-order valence-electron chi connectivity index (χ4n) is 1.77. The Morgan fingerprint density at radius 1 is 1.33 bits per heavy atom. The van der Waals surface area contributed by atoms with Crippen molar-refractivity contribution in [2.75, 3.05) is 0 Å². The molecule has 0 aliphatic heterocycles. The number of ketones is 1. The predicted molar refractivity (Wildman–Crippen MR) is 52.4 cm³/mol. The number of benzene rings is 1. The van der Waals surface area contributed by atoms with Gasteiger partial charge in [0.15, 0.2) is 5.78 Å². The van der Waals surface area contributed by atoms with Crippen molar-refractivity contribution in [1.82, 2.24) is 0 Å². The summed E-state index contributed by atoms with van der Waals surface area (Å²) in [5.74, 6) is 0.267. The van der Waals surface area contributed by atoms with Crippen molar-refractivity contribution >= 4 is 11.9 Å². The molecule has 0 atom stereocenters. The molecule has 2 rings (SSSR count). The first-order chi connectivity index (χ1) is 7.16. The first kappa shape index (κ1) is 9.71. The summed E-state index contributed by atoms with van der Waals surface area (Å²) in [6, 6.07) is 4.83. The molecule has 1 aliphatic rings. The van der Waals surface area contributed by atoms with E-state index >= 15 is 0 Å². The summed E-state index contributed by atoms with van der Waals surface area (Å²) in [7, 11) is 0. The molecule has 0 heterocycles. The third-order valence-electron chi connectivity index (χ3n) is 2.44. The Balaban J connectivity index is 2.35. The van der Waals surface area contributed by atoms with Crippen LogP contribution in [0.2, 0.25) is 0 Å². The minimum Gasteiger partial charge on any atom is -0.449 e. The molecule has 0 bridgehead atoms. The molecular formula is C11H10O4. The van der Waals surface area contributed by atoms with Gasteiger partial charge < -0.3 is 9.84 Å². The fraction of sp³-hybridized carbons (Fsp3) is 0.273. The van der Waals surface area contributed by atoms with E-state index in [1.165, 1.54) is 6.07 Å². The molecule has 4 nitrogen and oxygen atoms in total. The van der Waals surface area contributed by atoms with Gasteiger partial charge in [-0.05, 0) is 30.5 Å². The molecule has 78 valence electrons. The monoisotopic (exact) mass is 206 g/mol. The molecule has 0 fully saturated rings. The van der Waals surface area contributed by atoms with E-state index in [0.717, 1.165) is 18.4 Å². The highest BCUT2D eigenvalue weighted by Gasteiger charge is 2.17. The Labute approximate surface area is 86.5 Å². The van der Waals surface area contributed by atoms with Gasteiger partial charge in [-0.15, -0.1) is 0 Å². The van der Waals surface area contributed by atoms with Gasteiger partial charge in [-0.2, -0.15) is 0 Å². The number of carboxylic acid groups (broad SMARTS) is 1. The van der Waals surface area contributed by atoms with Crippen molar-refractivity contribution < 1.29 is 19.4 Å². The summed E-state index contributed by atoms with van der Waals surface area (Å²) in [6.45, 7) is 0. The lowest BCUT2D eigenvalue weighted by Crippen LogP contribution is -2.11. The minimum absolute atomic E-state index is 0.0621. The van der Waals surface area contributed by atoms with Gasteiger partial charge in [0.05, 0.1) is 0 Å². The second-order valence-corrected chi connectivity index (χ2v) is 3.46. The number of carbonyl (C=O) groups is 2. The number of Topliss-reactive ketones (excluding diaryl/α,β-unsaturated/α-hetero) is 1. The van der Waals surface area contributed by atoms with E-state index in [1.807, 2.05) is 0 Å². The van der Waals surface area contributed by atoms with Crippen molar-refractivity contribution in [3.63, 3.8) is 0 Å². The zero-order valence-electron chi connectivity index (χ0n) is 8.03. The summed E-state index contributed by atoms with van der Waals surface area (Å²) in [6.07, 6.45) is 0.904. The number of ether oxygens (including phenoxy) is 1. The van der Waals surface area contributed by atoms with Crippen LogP contribution in [-0.2, 0) is 6.42 Å². The van der Waals surface area contributed by atoms with Crippen LogP contribution in [0.15, 0.2) is 18.2 Å². The first-order valence-corrected chi connectivity index (χ1v) is 4.74. The number of hydrogen-bond donors (Lipinski definition) is 1. The van der Waals surface area contributed by atoms with E-state index in [4.69, 9.17) is 5.11 Å². The predicted octanol–water partition coefficient (Wildman–Crippen LogP) is 2.26. The number of carbonyl (C=O) groups excluding carboxylic acids is 1. The average Bonchev–Trinajstić information content (AvgIpc) is 2.18. The second-order valence-electron chi connectivity index (χ2n) is 3.46. The maximum absolute atomic E-state index is 11.5. The van der Waals surface area contributed by atoms with Crippen LogP contribution in [0.3, 0.4) is 0 Å². The van der Waals surface area contributed by atoms with Gasteiger partial charge >= 0.3 is 6.16 Å². The molecule has 0 amide bonds. The second kappa shape index (κ2) is 3.73. The van der Waals surface area contributed by atoms with E-state index in [0.29, 0.717) is 12.0 Å². The SMILES string of the molecule is O=C(O)Oc1ccc2c(c1)C(=O)CCC2. The number of hydrogen-bond acceptors (Lipinski definition) is 3. The average molecular weight is 206 g/mol. The van der Waals surface area contributed by atoms with Crippen LogP contribution in [0.5, 0.6) is 5.75 Å². The van der Waals surface area contributed by atoms with Crippen LogP contribution < -0.4 is 4.74 Å². The third-order valence-corrected chi connectivity index (χ3v) is 2.44. The van der Waals surface area contributed by atoms with Crippen LogP contribution in [0.25, 0.3) is 0 Å². The van der Waals surface area contributed by atoms with Crippen molar-refractivity contribution in [1.29, 1.82) is 0 Å². The van der Waals surface area contributed by atoms with Crippen molar-refractivity contribution in [3.8, 4) is 5.75 Å². The highest BCUT2D eigenvalue weighted by molar-refractivity contribution is 5.98. The minimum atomic E-state index is -1.36. The lowest BCUT2D eigenvalue weighted by Gasteiger charge is -2.14. The molecule has 0 saturated heterocycles. The molecule has 1 aromatic rings. The molecule has 0 radical (unpaired) electrons. The van der Waals surface area contributed by atoms with Crippen LogP contribution >= 0.6 is 0 Å².